The Morgan fingerprint density at radius 1 is 1.00 bits per heavy atom. The Bertz CT molecular complexity index is 1790. The summed E-state index contributed by atoms with van der Waals surface area (Å²) in [5, 5.41) is 2.69. The molecule has 2 unspecified atom stereocenters. The van der Waals surface area contributed by atoms with Crippen LogP contribution in [0.1, 0.15) is 21.9 Å². The van der Waals surface area contributed by atoms with Gasteiger partial charge in [0.25, 0.3) is 5.91 Å². The number of carbonyl (C=O) groups excluding carboxylic acids is 3. The van der Waals surface area contributed by atoms with Crippen LogP contribution in [0, 0.1) is 5.92 Å². The predicted octanol–water partition coefficient (Wildman–Crippen LogP) is 5.92. The molecular weight excluding hydrogens is 627 g/mol. The van der Waals surface area contributed by atoms with Gasteiger partial charge in [-0.15, -0.1) is 0 Å². The van der Waals surface area contributed by atoms with Crippen molar-refractivity contribution < 1.29 is 32.3 Å². The zero-order valence-corrected chi connectivity index (χ0v) is 24.1. The van der Waals surface area contributed by atoms with Crippen molar-refractivity contribution in [2.24, 2.45) is 5.92 Å². The number of hydrogen-bond acceptors (Lipinski definition) is 7. The van der Waals surface area contributed by atoms with Gasteiger partial charge in [-0.1, -0.05) is 52.9 Å². The number of nitrogens with one attached hydrogen (secondary N) is 2. The zero-order chi connectivity index (χ0) is 30.5. The van der Waals surface area contributed by atoms with Crippen LogP contribution in [-0.4, -0.2) is 34.6 Å². The third-order valence-corrected chi connectivity index (χ3v) is 9.65. The standard InChI is InChI=1S/C29H19ClF3N3O5S2/c30-16-6-8-17(9-7-16)34-20(37)13-41-19-10-4-14(5-11-19)21-22-24(42-25-23(21)43-28(40)35-25)27(39)36(26(22)38)18-3-1-2-15(12-18)29(31,32)33/h1-12,21-22,24H,13H2,(H,34,37)(H,35,40)/t21-,22?,24?/m1/s1. The van der Waals surface area contributed by atoms with Crippen molar-refractivity contribution in [1.82, 2.24) is 4.98 Å². The number of rotatable bonds is 6. The number of ether oxygens (including phenoxy) is 1. The molecule has 220 valence electrons. The van der Waals surface area contributed by atoms with Crippen LogP contribution in [0.5, 0.6) is 5.75 Å². The Kier molecular flexibility index (Phi) is 7.57. The Labute approximate surface area is 254 Å². The van der Waals surface area contributed by atoms with Crippen molar-refractivity contribution in [2.75, 3.05) is 16.8 Å². The number of aromatic nitrogens is 1. The van der Waals surface area contributed by atoms with Crippen LogP contribution in [-0.2, 0) is 20.6 Å². The summed E-state index contributed by atoms with van der Waals surface area (Å²) < 4.78 is 45.8. The first kappa shape index (κ1) is 29.0. The van der Waals surface area contributed by atoms with E-state index >= 15 is 0 Å². The Morgan fingerprint density at radius 2 is 1.72 bits per heavy atom. The predicted molar refractivity (Wildman–Crippen MR) is 156 cm³/mol. The monoisotopic (exact) mass is 645 g/mol. The number of amides is 3. The summed E-state index contributed by atoms with van der Waals surface area (Å²) in [6, 6.07) is 17.2. The number of alkyl halides is 3. The fourth-order valence-corrected chi connectivity index (χ4v) is 7.74. The second-order valence-electron chi connectivity index (χ2n) is 9.72. The van der Waals surface area contributed by atoms with Crippen LogP contribution >= 0.6 is 34.7 Å². The van der Waals surface area contributed by atoms with E-state index in [1.807, 2.05) is 0 Å². The molecule has 0 bridgehead atoms. The van der Waals surface area contributed by atoms with E-state index in [4.69, 9.17) is 16.3 Å². The number of benzene rings is 3. The molecule has 0 aliphatic carbocycles. The minimum absolute atomic E-state index is 0.170. The number of thioether (sulfide) groups is 1. The van der Waals surface area contributed by atoms with Gasteiger partial charge in [-0.3, -0.25) is 19.2 Å². The number of nitrogens with zero attached hydrogens (tertiary/aromatic N) is 1. The number of aromatic amines is 1. The normalized spacial score (nSPS) is 19.6. The van der Waals surface area contributed by atoms with Gasteiger partial charge in [-0.05, 0) is 60.2 Å². The molecule has 8 nitrogen and oxygen atoms in total. The molecule has 3 heterocycles. The molecule has 3 atom stereocenters. The highest BCUT2D eigenvalue weighted by Crippen LogP contribution is 2.53. The summed E-state index contributed by atoms with van der Waals surface area (Å²) in [5.74, 6) is -3.04. The smallest absolute Gasteiger partial charge is 0.416 e. The molecule has 4 aromatic rings. The molecule has 43 heavy (non-hydrogen) atoms. The number of hydrogen-bond donors (Lipinski definition) is 2. The number of fused-ring (bicyclic) bond motifs is 2. The molecule has 0 radical (unpaired) electrons. The minimum atomic E-state index is -4.66. The van der Waals surface area contributed by atoms with Crippen molar-refractivity contribution in [2.45, 2.75) is 22.4 Å². The molecule has 2 aliphatic rings. The second kappa shape index (κ2) is 11.2. The summed E-state index contributed by atoms with van der Waals surface area (Å²) in [6.07, 6.45) is -4.66. The largest absolute Gasteiger partial charge is 0.484 e. The quantitative estimate of drug-likeness (QED) is 0.252. The van der Waals surface area contributed by atoms with Crippen LogP contribution in [0.3, 0.4) is 0 Å². The average molecular weight is 646 g/mol. The summed E-state index contributed by atoms with van der Waals surface area (Å²) in [5.41, 5.74) is -0.00673. The van der Waals surface area contributed by atoms with E-state index in [0.29, 0.717) is 31.9 Å². The summed E-state index contributed by atoms with van der Waals surface area (Å²) >= 11 is 7.80. The highest BCUT2D eigenvalue weighted by Gasteiger charge is 2.56. The van der Waals surface area contributed by atoms with Gasteiger partial charge < -0.3 is 15.0 Å². The van der Waals surface area contributed by atoms with Gasteiger partial charge in [0, 0.05) is 21.5 Å². The molecule has 1 saturated heterocycles. The first-order valence-electron chi connectivity index (χ1n) is 12.7. The van der Waals surface area contributed by atoms with Gasteiger partial charge in [-0.2, -0.15) is 13.2 Å². The van der Waals surface area contributed by atoms with Crippen molar-refractivity contribution >= 4 is 63.8 Å². The van der Waals surface area contributed by atoms with E-state index in [9.17, 15) is 32.3 Å². The third kappa shape index (κ3) is 5.67. The minimum Gasteiger partial charge on any atom is -0.484 e. The van der Waals surface area contributed by atoms with E-state index in [0.717, 1.165) is 46.2 Å². The number of imide groups is 1. The maximum absolute atomic E-state index is 13.8. The SMILES string of the molecule is O=C(COc1ccc([C@H]2c3sc(=O)[nH]c3SC3C(=O)N(c4cccc(C(F)(F)F)c4)C(=O)C32)cc1)Nc1ccc(Cl)cc1. The van der Waals surface area contributed by atoms with Crippen LogP contribution in [0.15, 0.2) is 82.6 Å². The molecule has 14 heteroatoms. The lowest BCUT2D eigenvalue weighted by atomic mass is 9.83. The van der Waals surface area contributed by atoms with Gasteiger partial charge in [0.05, 0.1) is 22.2 Å². The Morgan fingerprint density at radius 3 is 2.42 bits per heavy atom. The fourth-order valence-electron chi connectivity index (χ4n) is 5.10. The maximum atomic E-state index is 13.8. The molecule has 3 aromatic carbocycles. The number of anilines is 2. The molecule has 1 aromatic heterocycles. The lowest BCUT2D eigenvalue weighted by molar-refractivity contribution is -0.137. The molecule has 3 amide bonds. The zero-order valence-electron chi connectivity index (χ0n) is 21.7. The first-order valence-corrected chi connectivity index (χ1v) is 14.8. The van der Waals surface area contributed by atoms with Gasteiger partial charge in [-0.25, -0.2) is 4.90 Å². The number of carbonyl (C=O) groups is 3. The maximum Gasteiger partial charge on any atom is 0.416 e. The van der Waals surface area contributed by atoms with Crippen molar-refractivity contribution in [3.8, 4) is 5.75 Å². The van der Waals surface area contributed by atoms with Crippen LogP contribution in [0.4, 0.5) is 24.5 Å². The van der Waals surface area contributed by atoms with Gasteiger partial charge in [0.2, 0.25) is 11.8 Å². The molecular formula is C29H19ClF3N3O5S2. The molecule has 2 N–H and O–H groups in total. The van der Waals surface area contributed by atoms with Gasteiger partial charge in [0.1, 0.15) is 11.0 Å². The van der Waals surface area contributed by atoms with Crippen LogP contribution < -0.4 is 19.8 Å². The molecule has 6 rings (SSSR count). The van der Waals surface area contributed by atoms with E-state index in [1.165, 1.54) is 6.07 Å². The van der Waals surface area contributed by atoms with E-state index in [2.05, 4.69) is 10.3 Å². The Balaban J connectivity index is 1.25. The third-order valence-electron chi connectivity index (χ3n) is 6.99. The molecule has 0 saturated carbocycles. The van der Waals surface area contributed by atoms with E-state index < -0.39 is 46.5 Å². The van der Waals surface area contributed by atoms with Crippen molar-refractivity contribution in [3.05, 3.63) is 103 Å². The van der Waals surface area contributed by atoms with Crippen molar-refractivity contribution in [1.29, 1.82) is 0 Å². The average Bonchev–Trinajstić information content (AvgIpc) is 3.47. The first-order chi connectivity index (χ1) is 20.5. The Hall–Kier alpha value is -4.07. The fraction of sp³-hybridized carbons (Fsp3) is 0.172. The summed E-state index contributed by atoms with van der Waals surface area (Å²) in [4.78, 5) is 55.6. The lowest BCUT2D eigenvalue weighted by Crippen LogP contribution is -2.32. The highest BCUT2D eigenvalue weighted by molar-refractivity contribution is 8.00. The van der Waals surface area contributed by atoms with E-state index in [-0.39, 0.29) is 17.2 Å². The number of H-pyrrole nitrogens is 1. The van der Waals surface area contributed by atoms with Crippen LogP contribution in [0.25, 0.3) is 0 Å². The second-order valence-corrected chi connectivity index (χ2v) is 12.3. The molecule has 0 spiro atoms. The number of halogens is 4. The van der Waals surface area contributed by atoms with Crippen LogP contribution in [0.2, 0.25) is 5.02 Å². The highest BCUT2D eigenvalue weighted by atomic mass is 35.5. The lowest BCUT2D eigenvalue weighted by Gasteiger charge is -2.29. The van der Waals surface area contributed by atoms with Gasteiger partial charge in [0.15, 0.2) is 6.61 Å². The molecule has 1 fully saturated rings. The molecule has 2 aliphatic heterocycles. The number of thiazole rings is 1. The summed E-state index contributed by atoms with van der Waals surface area (Å²) in [7, 11) is 0. The summed E-state index contributed by atoms with van der Waals surface area (Å²) in [6.45, 7) is -0.282. The topological polar surface area (TPSA) is 109 Å². The van der Waals surface area contributed by atoms with Gasteiger partial charge >= 0.3 is 11.0 Å². The van der Waals surface area contributed by atoms with Crippen molar-refractivity contribution in [3.63, 3.8) is 0 Å². The van der Waals surface area contributed by atoms with E-state index in [1.54, 1.807) is 48.5 Å².